The average Bonchev–Trinajstić information content (AvgIpc) is 3.45. The molecular weight excluding hydrogens is 336 g/mol. The highest BCUT2D eigenvalue weighted by Gasteiger charge is 2.23. The molecule has 3 aromatic rings. The number of fused-ring (bicyclic) bond motifs is 1. The van der Waals surface area contributed by atoms with Gasteiger partial charge in [-0.1, -0.05) is 30.3 Å². The Kier molecular flexibility index (Phi) is 4.10. The predicted octanol–water partition coefficient (Wildman–Crippen LogP) is 2.68. The van der Waals surface area contributed by atoms with Crippen LogP contribution < -0.4 is 10.0 Å². The molecule has 0 unspecified atom stereocenters. The van der Waals surface area contributed by atoms with Crippen molar-refractivity contribution in [3.8, 4) is 0 Å². The van der Waals surface area contributed by atoms with Crippen molar-refractivity contribution in [1.29, 1.82) is 0 Å². The van der Waals surface area contributed by atoms with Crippen molar-refractivity contribution >= 4 is 26.7 Å². The van der Waals surface area contributed by atoms with Crippen LogP contribution >= 0.6 is 0 Å². The summed E-state index contributed by atoms with van der Waals surface area (Å²) in [5, 5.41) is 4.35. The predicted molar refractivity (Wildman–Crippen MR) is 96.7 cm³/mol. The molecule has 0 atom stereocenters. The minimum Gasteiger partial charge on any atom is -0.367 e. The van der Waals surface area contributed by atoms with Gasteiger partial charge in [-0.3, -0.25) is 0 Å². The Balaban J connectivity index is 1.61. The van der Waals surface area contributed by atoms with Crippen molar-refractivity contribution in [3.05, 3.63) is 60.4 Å². The molecular formula is C18H18N4O2S. The van der Waals surface area contributed by atoms with E-state index in [1.807, 2.05) is 24.3 Å². The number of para-hydroxylation sites is 1. The maximum atomic E-state index is 12.4. The summed E-state index contributed by atoms with van der Waals surface area (Å²) in [5.74, 6) is 1.21. The fourth-order valence-electron chi connectivity index (χ4n) is 2.58. The van der Waals surface area contributed by atoms with Gasteiger partial charge >= 0.3 is 0 Å². The van der Waals surface area contributed by atoms with Crippen molar-refractivity contribution < 1.29 is 8.42 Å². The van der Waals surface area contributed by atoms with E-state index in [2.05, 4.69) is 20.0 Å². The number of hydrogen-bond acceptors (Lipinski definition) is 5. The first-order chi connectivity index (χ1) is 12.1. The van der Waals surface area contributed by atoms with Gasteiger partial charge in [0.2, 0.25) is 10.0 Å². The molecule has 0 radical (unpaired) electrons. The van der Waals surface area contributed by atoms with Gasteiger partial charge in [0.05, 0.1) is 17.0 Å². The topological polar surface area (TPSA) is 84.0 Å². The number of rotatable bonds is 6. The third-order valence-corrected chi connectivity index (χ3v) is 5.46. The number of benzene rings is 2. The van der Waals surface area contributed by atoms with Gasteiger partial charge in [0, 0.05) is 11.4 Å². The van der Waals surface area contributed by atoms with Gasteiger partial charge in [-0.2, -0.15) is 0 Å². The number of nitrogens with zero attached hydrogens (tertiary/aromatic N) is 2. The molecule has 1 heterocycles. The SMILES string of the molecule is O=S(=O)(NCc1nc(NC2CC2)c2ccccc2n1)c1ccccc1. The second kappa shape index (κ2) is 6.42. The van der Waals surface area contributed by atoms with Crippen LogP contribution in [-0.2, 0) is 16.6 Å². The summed E-state index contributed by atoms with van der Waals surface area (Å²) in [6.07, 6.45) is 2.27. The van der Waals surface area contributed by atoms with Crippen LogP contribution in [0.4, 0.5) is 5.82 Å². The van der Waals surface area contributed by atoms with Crippen LogP contribution in [0.3, 0.4) is 0 Å². The van der Waals surface area contributed by atoms with E-state index >= 15 is 0 Å². The van der Waals surface area contributed by atoms with Crippen LogP contribution in [0.1, 0.15) is 18.7 Å². The molecule has 0 bridgehead atoms. The van der Waals surface area contributed by atoms with Gasteiger partial charge in [-0.25, -0.2) is 23.1 Å². The third kappa shape index (κ3) is 3.62. The number of sulfonamides is 1. The Labute approximate surface area is 146 Å². The highest BCUT2D eigenvalue weighted by atomic mass is 32.2. The summed E-state index contributed by atoms with van der Waals surface area (Å²) in [6, 6.07) is 16.5. The minimum atomic E-state index is -3.59. The lowest BCUT2D eigenvalue weighted by molar-refractivity contribution is 0.579. The minimum absolute atomic E-state index is 0.0431. The van der Waals surface area contributed by atoms with Gasteiger partial charge in [0.15, 0.2) is 0 Å². The standard InChI is InChI=1S/C18H18N4O2S/c23-25(24,14-6-2-1-3-7-14)19-12-17-21-16-9-5-4-8-15(16)18(22-17)20-13-10-11-13/h1-9,13,19H,10-12H2,(H,20,21,22). The first-order valence-corrected chi connectivity index (χ1v) is 9.67. The summed E-state index contributed by atoms with van der Waals surface area (Å²) in [4.78, 5) is 9.24. The van der Waals surface area contributed by atoms with Gasteiger partial charge < -0.3 is 5.32 Å². The fourth-order valence-corrected chi connectivity index (χ4v) is 3.58. The zero-order valence-corrected chi connectivity index (χ0v) is 14.3. The van der Waals surface area contributed by atoms with Crippen LogP contribution in [0.5, 0.6) is 0 Å². The molecule has 25 heavy (non-hydrogen) atoms. The van der Waals surface area contributed by atoms with E-state index in [0.29, 0.717) is 11.9 Å². The summed E-state index contributed by atoms with van der Waals surface area (Å²) in [7, 11) is -3.59. The van der Waals surface area contributed by atoms with Crippen LogP contribution in [0.25, 0.3) is 10.9 Å². The second-order valence-corrected chi connectivity index (χ2v) is 7.83. The van der Waals surface area contributed by atoms with Crippen molar-refractivity contribution in [2.24, 2.45) is 0 Å². The number of anilines is 1. The maximum absolute atomic E-state index is 12.4. The molecule has 128 valence electrons. The molecule has 1 fully saturated rings. The zero-order valence-electron chi connectivity index (χ0n) is 13.5. The van der Waals surface area contributed by atoms with Gasteiger partial charge in [0.25, 0.3) is 0 Å². The largest absolute Gasteiger partial charge is 0.367 e. The molecule has 6 nitrogen and oxygen atoms in total. The lowest BCUT2D eigenvalue weighted by Gasteiger charge is -2.11. The van der Waals surface area contributed by atoms with Crippen LogP contribution in [0.2, 0.25) is 0 Å². The lowest BCUT2D eigenvalue weighted by atomic mass is 10.2. The molecule has 0 aliphatic heterocycles. The molecule has 7 heteroatoms. The highest BCUT2D eigenvalue weighted by Crippen LogP contribution is 2.28. The lowest BCUT2D eigenvalue weighted by Crippen LogP contribution is -2.24. The molecule has 1 aromatic heterocycles. The van der Waals surface area contributed by atoms with E-state index in [1.54, 1.807) is 30.3 Å². The summed E-state index contributed by atoms with van der Waals surface area (Å²) in [5.41, 5.74) is 0.801. The van der Waals surface area contributed by atoms with Crippen molar-refractivity contribution in [2.45, 2.75) is 30.3 Å². The zero-order chi connectivity index (χ0) is 17.3. The van der Waals surface area contributed by atoms with Crippen molar-refractivity contribution in [1.82, 2.24) is 14.7 Å². The Hall–Kier alpha value is -2.51. The van der Waals surface area contributed by atoms with Crippen LogP contribution in [0.15, 0.2) is 59.5 Å². The van der Waals surface area contributed by atoms with Gasteiger partial charge in [-0.05, 0) is 37.1 Å². The number of nitrogens with one attached hydrogen (secondary N) is 2. The number of hydrogen-bond donors (Lipinski definition) is 2. The van der Waals surface area contributed by atoms with E-state index in [9.17, 15) is 8.42 Å². The van der Waals surface area contributed by atoms with E-state index in [4.69, 9.17) is 0 Å². The normalized spacial score (nSPS) is 14.6. The molecule has 1 aliphatic carbocycles. The van der Waals surface area contributed by atoms with E-state index in [0.717, 1.165) is 29.6 Å². The quantitative estimate of drug-likeness (QED) is 0.711. The fraction of sp³-hybridized carbons (Fsp3) is 0.222. The molecule has 2 N–H and O–H groups in total. The molecule has 4 rings (SSSR count). The monoisotopic (exact) mass is 354 g/mol. The van der Waals surface area contributed by atoms with E-state index in [1.165, 1.54) is 0 Å². The summed E-state index contributed by atoms with van der Waals surface area (Å²) < 4.78 is 27.3. The molecule has 0 saturated heterocycles. The first-order valence-electron chi connectivity index (χ1n) is 8.19. The average molecular weight is 354 g/mol. The summed E-state index contributed by atoms with van der Waals surface area (Å²) in [6.45, 7) is 0.0431. The molecule has 1 aliphatic rings. The second-order valence-electron chi connectivity index (χ2n) is 6.06. The Morgan fingerprint density at radius 1 is 0.960 bits per heavy atom. The molecule has 0 spiro atoms. The Bertz CT molecular complexity index is 1000. The van der Waals surface area contributed by atoms with E-state index in [-0.39, 0.29) is 11.4 Å². The Morgan fingerprint density at radius 3 is 2.44 bits per heavy atom. The van der Waals surface area contributed by atoms with Crippen molar-refractivity contribution in [3.63, 3.8) is 0 Å². The molecule has 0 amide bonds. The maximum Gasteiger partial charge on any atom is 0.240 e. The first kappa shape index (κ1) is 16.0. The van der Waals surface area contributed by atoms with Gasteiger partial charge in [-0.15, -0.1) is 0 Å². The third-order valence-electron chi connectivity index (χ3n) is 4.04. The van der Waals surface area contributed by atoms with Crippen LogP contribution in [-0.4, -0.2) is 24.4 Å². The molecule has 1 saturated carbocycles. The van der Waals surface area contributed by atoms with Crippen molar-refractivity contribution in [2.75, 3.05) is 5.32 Å². The smallest absolute Gasteiger partial charge is 0.240 e. The molecule has 2 aromatic carbocycles. The van der Waals surface area contributed by atoms with E-state index < -0.39 is 10.0 Å². The highest BCUT2D eigenvalue weighted by molar-refractivity contribution is 7.89. The Morgan fingerprint density at radius 2 is 1.68 bits per heavy atom. The van der Waals surface area contributed by atoms with Gasteiger partial charge in [0.1, 0.15) is 11.6 Å². The number of aromatic nitrogens is 2. The van der Waals surface area contributed by atoms with Crippen LogP contribution in [0, 0.1) is 0 Å². The summed E-state index contributed by atoms with van der Waals surface area (Å²) >= 11 is 0.